The lowest BCUT2D eigenvalue weighted by Crippen LogP contribution is -1.94. The summed E-state index contributed by atoms with van der Waals surface area (Å²) in [6.07, 6.45) is 5.39. The molecule has 0 aliphatic carbocycles. The fourth-order valence-corrected chi connectivity index (χ4v) is 1.05. The van der Waals surface area contributed by atoms with Crippen molar-refractivity contribution in [3.63, 3.8) is 0 Å². The summed E-state index contributed by atoms with van der Waals surface area (Å²) in [5.74, 6) is -1.21. The van der Waals surface area contributed by atoms with E-state index in [0.717, 1.165) is 6.07 Å². The molecule has 1 aromatic carbocycles. The topological polar surface area (TPSA) is 17.8 Å². The van der Waals surface area contributed by atoms with Gasteiger partial charge in [0.1, 0.15) is 24.2 Å². The van der Waals surface area contributed by atoms with E-state index < -0.39 is 11.6 Å². The SMILES string of the molecule is Fc1ccc(-n2c[c]nc2)c(F)c1. The number of imidazole rings is 1. The summed E-state index contributed by atoms with van der Waals surface area (Å²) in [5, 5.41) is 0. The Morgan fingerprint density at radius 1 is 1.31 bits per heavy atom. The number of rotatable bonds is 1. The molecule has 0 saturated heterocycles. The molecule has 4 heteroatoms. The van der Waals surface area contributed by atoms with Crippen LogP contribution in [0.2, 0.25) is 0 Å². The molecule has 1 radical (unpaired) electrons. The molecule has 13 heavy (non-hydrogen) atoms. The van der Waals surface area contributed by atoms with E-state index in [2.05, 4.69) is 11.2 Å². The summed E-state index contributed by atoms with van der Waals surface area (Å²) in [5.41, 5.74) is 0.259. The maximum absolute atomic E-state index is 13.1. The minimum absolute atomic E-state index is 0.259. The smallest absolute Gasteiger partial charge is 0.150 e. The highest BCUT2D eigenvalue weighted by atomic mass is 19.1. The Balaban J connectivity index is 2.53. The zero-order chi connectivity index (χ0) is 9.26. The lowest BCUT2D eigenvalue weighted by molar-refractivity contribution is 0.578. The molecular formula is C9H5F2N2. The Labute approximate surface area is 73.5 Å². The third-order valence-corrected chi connectivity index (χ3v) is 1.64. The van der Waals surface area contributed by atoms with Crippen LogP contribution in [-0.2, 0) is 0 Å². The quantitative estimate of drug-likeness (QED) is 0.654. The van der Waals surface area contributed by atoms with Gasteiger partial charge in [-0.05, 0) is 12.1 Å². The molecule has 0 unspecified atom stereocenters. The zero-order valence-corrected chi connectivity index (χ0v) is 6.54. The van der Waals surface area contributed by atoms with Crippen molar-refractivity contribution in [2.24, 2.45) is 0 Å². The van der Waals surface area contributed by atoms with Crippen LogP contribution in [0.3, 0.4) is 0 Å². The minimum atomic E-state index is -0.619. The number of hydrogen-bond acceptors (Lipinski definition) is 1. The molecule has 0 atom stereocenters. The molecule has 1 aromatic heterocycles. The predicted octanol–water partition coefficient (Wildman–Crippen LogP) is 1.95. The van der Waals surface area contributed by atoms with E-state index in [0.29, 0.717) is 0 Å². The molecule has 0 aliphatic heterocycles. The van der Waals surface area contributed by atoms with Crippen LogP contribution in [0.4, 0.5) is 8.78 Å². The summed E-state index contributed by atoms with van der Waals surface area (Å²) in [6, 6.07) is 3.37. The van der Waals surface area contributed by atoms with Crippen molar-refractivity contribution in [1.82, 2.24) is 9.55 Å². The van der Waals surface area contributed by atoms with Crippen molar-refractivity contribution in [1.29, 1.82) is 0 Å². The Kier molecular flexibility index (Phi) is 1.81. The Morgan fingerprint density at radius 3 is 2.77 bits per heavy atom. The lowest BCUT2D eigenvalue weighted by atomic mass is 10.3. The van der Waals surface area contributed by atoms with Crippen molar-refractivity contribution in [2.45, 2.75) is 0 Å². The second-order valence-electron chi connectivity index (χ2n) is 2.51. The van der Waals surface area contributed by atoms with Gasteiger partial charge in [0.15, 0.2) is 0 Å². The number of benzene rings is 1. The average Bonchev–Trinajstić information content (AvgIpc) is 2.56. The van der Waals surface area contributed by atoms with Gasteiger partial charge >= 0.3 is 0 Å². The summed E-state index contributed by atoms with van der Waals surface area (Å²) in [7, 11) is 0. The molecular weight excluding hydrogens is 174 g/mol. The van der Waals surface area contributed by atoms with Gasteiger partial charge in [0, 0.05) is 12.3 Å². The van der Waals surface area contributed by atoms with Crippen molar-refractivity contribution >= 4 is 0 Å². The average molecular weight is 179 g/mol. The van der Waals surface area contributed by atoms with Gasteiger partial charge < -0.3 is 4.57 Å². The summed E-state index contributed by atoms with van der Waals surface area (Å²) < 4.78 is 27.1. The Bertz CT molecular complexity index is 410. The highest BCUT2D eigenvalue weighted by molar-refractivity contribution is 5.33. The molecule has 0 fully saturated rings. The van der Waals surface area contributed by atoms with Crippen molar-refractivity contribution in [2.75, 3.05) is 0 Å². The van der Waals surface area contributed by atoms with Gasteiger partial charge in [-0.1, -0.05) is 0 Å². The Hall–Kier alpha value is -1.71. The summed E-state index contributed by atoms with van der Waals surface area (Å²) in [6.45, 7) is 0. The van der Waals surface area contributed by atoms with E-state index in [-0.39, 0.29) is 5.69 Å². The van der Waals surface area contributed by atoms with Crippen molar-refractivity contribution in [3.8, 4) is 5.69 Å². The molecule has 2 aromatic rings. The van der Waals surface area contributed by atoms with Crippen LogP contribution in [0.15, 0.2) is 30.7 Å². The standard InChI is InChI=1S/C9H5F2N2/c10-7-1-2-9(8(11)5-7)13-4-3-12-6-13/h1-2,4-6H. The molecule has 0 bridgehead atoms. The normalized spacial score (nSPS) is 10.3. The van der Waals surface area contributed by atoms with Gasteiger partial charge in [-0.15, -0.1) is 0 Å². The van der Waals surface area contributed by atoms with Crippen molar-refractivity contribution < 1.29 is 8.78 Å². The first-order valence-electron chi connectivity index (χ1n) is 3.63. The van der Waals surface area contributed by atoms with E-state index in [1.165, 1.54) is 29.2 Å². The largest absolute Gasteiger partial charge is 0.303 e. The van der Waals surface area contributed by atoms with Gasteiger partial charge in [0.25, 0.3) is 0 Å². The van der Waals surface area contributed by atoms with Crippen LogP contribution in [-0.4, -0.2) is 9.55 Å². The first-order valence-corrected chi connectivity index (χ1v) is 3.63. The summed E-state index contributed by atoms with van der Waals surface area (Å²) >= 11 is 0. The number of nitrogens with zero attached hydrogens (tertiary/aromatic N) is 2. The first-order chi connectivity index (χ1) is 6.27. The van der Waals surface area contributed by atoms with Gasteiger partial charge in [0.2, 0.25) is 0 Å². The van der Waals surface area contributed by atoms with Crippen LogP contribution in [0.5, 0.6) is 0 Å². The van der Waals surface area contributed by atoms with Crippen molar-refractivity contribution in [3.05, 3.63) is 48.6 Å². The maximum atomic E-state index is 13.1. The van der Waals surface area contributed by atoms with Crippen LogP contribution in [0.25, 0.3) is 5.69 Å². The fourth-order valence-electron chi connectivity index (χ4n) is 1.05. The molecule has 0 saturated carbocycles. The number of halogens is 2. The minimum Gasteiger partial charge on any atom is -0.303 e. The van der Waals surface area contributed by atoms with Crippen LogP contribution < -0.4 is 0 Å². The van der Waals surface area contributed by atoms with Gasteiger partial charge in [0.05, 0.1) is 5.69 Å². The second kappa shape index (κ2) is 2.97. The van der Waals surface area contributed by atoms with Gasteiger partial charge in [-0.3, -0.25) is 0 Å². The second-order valence-corrected chi connectivity index (χ2v) is 2.51. The number of aromatic nitrogens is 2. The highest BCUT2D eigenvalue weighted by Crippen LogP contribution is 2.13. The molecule has 2 rings (SSSR count). The molecule has 0 N–H and O–H groups in total. The number of hydrogen-bond donors (Lipinski definition) is 0. The molecule has 0 spiro atoms. The van der Waals surface area contributed by atoms with E-state index in [9.17, 15) is 8.78 Å². The third kappa shape index (κ3) is 1.42. The zero-order valence-electron chi connectivity index (χ0n) is 6.54. The predicted molar refractivity (Wildman–Crippen MR) is 42.3 cm³/mol. The van der Waals surface area contributed by atoms with E-state index in [4.69, 9.17) is 0 Å². The maximum Gasteiger partial charge on any atom is 0.150 e. The lowest BCUT2D eigenvalue weighted by Gasteiger charge is -2.02. The van der Waals surface area contributed by atoms with E-state index in [1.807, 2.05) is 0 Å². The Morgan fingerprint density at radius 2 is 2.15 bits per heavy atom. The molecule has 0 amide bonds. The molecule has 65 valence electrons. The first kappa shape index (κ1) is 7.91. The van der Waals surface area contributed by atoms with E-state index in [1.54, 1.807) is 0 Å². The summed E-state index contributed by atoms with van der Waals surface area (Å²) in [4.78, 5) is 3.64. The highest BCUT2D eigenvalue weighted by Gasteiger charge is 2.04. The van der Waals surface area contributed by atoms with Gasteiger partial charge in [-0.2, -0.15) is 0 Å². The van der Waals surface area contributed by atoms with Crippen LogP contribution in [0, 0.1) is 17.8 Å². The van der Waals surface area contributed by atoms with Crippen LogP contribution in [0.1, 0.15) is 0 Å². The molecule has 0 aliphatic rings. The fraction of sp³-hybridized carbons (Fsp3) is 0. The van der Waals surface area contributed by atoms with Gasteiger partial charge in [-0.25, -0.2) is 13.8 Å². The molecule has 2 nitrogen and oxygen atoms in total. The molecule has 1 heterocycles. The third-order valence-electron chi connectivity index (χ3n) is 1.64. The monoisotopic (exact) mass is 179 g/mol. The van der Waals surface area contributed by atoms with E-state index >= 15 is 0 Å². The van der Waals surface area contributed by atoms with Crippen LogP contribution >= 0.6 is 0 Å².